The third-order valence-electron chi connectivity index (χ3n) is 3.27. The molecule has 1 aromatic carbocycles. The highest BCUT2D eigenvalue weighted by atomic mass is 16.4. The van der Waals surface area contributed by atoms with Gasteiger partial charge in [0.05, 0.1) is 17.4 Å². The number of aromatic nitrogens is 4. The van der Waals surface area contributed by atoms with E-state index in [9.17, 15) is 4.79 Å². The van der Waals surface area contributed by atoms with Gasteiger partial charge in [-0.1, -0.05) is 5.10 Å². The average Bonchev–Trinajstić information content (AvgIpc) is 3.02. The van der Waals surface area contributed by atoms with Crippen LogP contribution in [-0.4, -0.2) is 26.1 Å². The Morgan fingerprint density at radius 2 is 2.25 bits per heavy atom. The van der Waals surface area contributed by atoms with Crippen molar-refractivity contribution in [2.75, 3.05) is 5.32 Å². The van der Waals surface area contributed by atoms with Crippen molar-refractivity contribution >= 4 is 23.0 Å². The highest BCUT2D eigenvalue weighted by molar-refractivity contribution is 6.04. The predicted octanol–water partition coefficient (Wildman–Crippen LogP) is 2.08. The molecule has 1 amide bonds. The number of H-pyrrole nitrogens is 1. The zero-order valence-electron chi connectivity index (χ0n) is 10.5. The number of benzene rings is 1. The molecule has 4 rings (SSSR count). The number of hydrogen-bond donors (Lipinski definition) is 2. The number of aromatic amines is 1. The van der Waals surface area contributed by atoms with Crippen LogP contribution in [0.25, 0.3) is 11.0 Å². The van der Waals surface area contributed by atoms with Gasteiger partial charge in [0, 0.05) is 11.5 Å². The molecule has 0 aliphatic heterocycles. The smallest absolute Gasteiger partial charge is 0.322 e. The monoisotopic (exact) mass is 269 g/mol. The summed E-state index contributed by atoms with van der Waals surface area (Å²) < 4.78 is 5.40. The Labute approximate surface area is 113 Å². The van der Waals surface area contributed by atoms with Gasteiger partial charge >= 0.3 is 6.01 Å². The van der Waals surface area contributed by atoms with Gasteiger partial charge in [-0.15, -0.1) is 5.10 Å². The van der Waals surface area contributed by atoms with Crippen LogP contribution in [0.1, 0.15) is 35.0 Å². The number of nitrogens with one attached hydrogen (secondary N) is 2. The highest BCUT2D eigenvalue weighted by Gasteiger charge is 2.29. The number of carbonyl (C=O) groups excluding carboxylic acids is 1. The Bertz CT molecular complexity index is 787. The first-order valence-corrected chi connectivity index (χ1v) is 6.37. The van der Waals surface area contributed by atoms with Gasteiger partial charge in [-0.2, -0.15) is 0 Å². The van der Waals surface area contributed by atoms with Crippen LogP contribution in [0.4, 0.5) is 6.01 Å². The molecule has 2 heterocycles. The Hall–Kier alpha value is -2.70. The second-order valence-corrected chi connectivity index (χ2v) is 4.81. The molecule has 0 saturated heterocycles. The molecule has 0 unspecified atom stereocenters. The number of nitrogens with zero attached hydrogens (tertiary/aromatic N) is 3. The van der Waals surface area contributed by atoms with Crippen LogP contribution in [0, 0.1) is 0 Å². The lowest BCUT2D eigenvalue weighted by Crippen LogP contribution is -2.12. The van der Waals surface area contributed by atoms with Gasteiger partial charge in [0.2, 0.25) is 5.89 Å². The lowest BCUT2D eigenvalue weighted by Gasteiger charge is -2.00. The van der Waals surface area contributed by atoms with E-state index in [0.29, 0.717) is 17.4 Å². The largest absolute Gasteiger partial charge is 0.408 e. The van der Waals surface area contributed by atoms with Crippen molar-refractivity contribution in [3.63, 3.8) is 0 Å². The van der Waals surface area contributed by atoms with Crippen LogP contribution >= 0.6 is 0 Å². The first-order valence-electron chi connectivity index (χ1n) is 6.37. The van der Waals surface area contributed by atoms with Crippen molar-refractivity contribution in [2.45, 2.75) is 18.8 Å². The van der Waals surface area contributed by atoms with Crippen molar-refractivity contribution in [3.8, 4) is 0 Å². The number of rotatable bonds is 3. The van der Waals surface area contributed by atoms with Gasteiger partial charge in [0.15, 0.2) is 0 Å². The maximum atomic E-state index is 12.1. The van der Waals surface area contributed by atoms with E-state index in [1.807, 2.05) is 0 Å². The van der Waals surface area contributed by atoms with Gasteiger partial charge in [-0.25, -0.2) is 4.98 Å². The van der Waals surface area contributed by atoms with Gasteiger partial charge in [-0.05, 0) is 31.0 Å². The molecule has 0 bridgehead atoms. The van der Waals surface area contributed by atoms with Crippen molar-refractivity contribution < 1.29 is 9.21 Å². The molecule has 0 spiro atoms. The summed E-state index contributed by atoms with van der Waals surface area (Å²) in [5.74, 6) is 0.686. The summed E-state index contributed by atoms with van der Waals surface area (Å²) in [5, 5.41) is 10.4. The van der Waals surface area contributed by atoms with Crippen molar-refractivity contribution in [1.29, 1.82) is 0 Å². The van der Waals surface area contributed by atoms with Crippen LogP contribution in [0.15, 0.2) is 28.9 Å². The fourth-order valence-corrected chi connectivity index (χ4v) is 2.03. The minimum atomic E-state index is -0.285. The Balaban J connectivity index is 1.55. The van der Waals surface area contributed by atoms with E-state index in [2.05, 4.69) is 25.5 Å². The topological polar surface area (TPSA) is 96.7 Å². The maximum Gasteiger partial charge on any atom is 0.322 e. The van der Waals surface area contributed by atoms with Crippen LogP contribution in [0.5, 0.6) is 0 Å². The molecule has 1 aliphatic rings. The minimum Gasteiger partial charge on any atom is -0.408 e. The number of amides is 1. The van der Waals surface area contributed by atoms with E-state index < -0.39 is 0 Å². The molecule has 20 heavy (non-hydrogen) atoms. The summed E-state index contributed by atoms with van der Waals surface area (Å²) in [4.78, 5) is 19.2. The number of hydrogen-bond acceptors (Lipinski definition) is 5. The van der Waals surface area contributed by atoms with Gasteiger partial charge in [0.25, 0.3) is 5.91 Å². The van der Waals surface area contributed by atoms with E-state index in [4.69, 9.17) is 4.42 Å². The summed E-state index contributed by atoms with van der Waals surface area (Å²) in [6.45, 7) is 0. The highest BCUT2D eigenvalue weighted by Crippen LogP contribution is 2.39. The Morgan fingerprint density at radius 3 is 3.10 bits per heavy atom. The lowest BCUT2D eigenvalue weighted by molar-refractivity contribution is 0.102. The second-order valence-electron chi connectivity index (χ2n) is 4.81. The second kappa shape index (κ2) is 4.16. The maximum absolute atomic E-state index is 12.1. The van der Waals surface area contributed by atoms with Gasteiger partial charge in [0.1, 0.15) is 0 Å². The lowest BCUT2D eigenvalue weighted by atomic mass is 10.2. The summed E-state index contributed by atoms with van der Waals surface area (Å²) in [5.41, 5.74) is 2.13. The summed E-state index contributed by atoms with van der Waals surface area (Å²) in [6.07, 6.45) is 3.74. The zero-order chi connectivity index (χ0) is 13.5. The third-order valence-corrected chi connectivity index (χ3v) is 3.27. The van der Waals surface area contributed by atoms with Gasteiger partial charge in [-0.3, -0.25) is 10.1 Å². The Kier molecular flexibility index (Phi) is 2.32. The first kappa shape index (κ1) is 11.2. The van der Waals surface area contributed by atoms with E-state index in [-0.39, 0.29) is 11.9 Å². The molecular weight excluding hydrogens is 258 g/mol. The summed E-state index contributed by atoms with van der Waals surface area (Å²) in [7, 11) is 0. The molecule has 7 nitrogen and oxygen atoms in total. The quantitative estimate of drug-likeness (QED) is 0.758. The molecule has 3 aromatic rings. The minimum absolute atomic E-state index is 0.140. The molecule has 1 fully saturated rings. The van der Waals surface area contributed by atoms with E-state index in [1.165, 1.54) is 0 Å². The van der Waals surface area contributed by atoms with Crippen molar-refractivity contribution in [1.82, 2.24) is 20.2 Å². The van der Waals surface area contributed by atoms with Crippen molar-refractivity contribution in [3.05, 3.63) is 36.0 Å². The van der Waals surface area contributed by atoms with Gasteiger partial charge < -0.3 is 9.40 Å². The Morgan fingerprint density at radius 1 is 1.35 bits per heavy atom. The van der Waals surface area contributed by atoms with Crippen LogP contribution < -0.4 is 5.32 Å². The van der Waals surface area contributed by atoms with E-state index in [1.54, 1.807) is 24.5 Å². The normalized spacial score (nSPS) is 14.6. The number of fused-ring (bicyclic) bond motifs is 1. The summed E-state index contributed by atoms with van der Waals surface area (Å²) in [6, 6.07) is 5.36. The summed E-state index contributed by atoms with van der Waals surface area (Å²) >= 11 is 0. The first-order chi connectivity index (χ1) is 9.79. The molecule has 1 saturated carbocycles. The SMILES string of the molecule is O=C(Nc1nnc(C2CC2)o1)c1ccc2nc[nH]c2c1. The molecule has 0 radical (unpaired) electrons. The molecule has 100 valence electrons. The number of imidazole rings is 1. The average molecular weight is 269 g/mol. The van der Waals surface area contributed by atoms with Crippen LogP contribution in [0.2, 0.25) is 0 Å². The fraction of sp³-hybridized carbons (Fsp3) is 0.231. The van der Waals surface area contributed by atoms with E-state index >= 15 is 0 Å². The fourth-order valence-electron chi connectivity index (χ4n) is 2.03. The molecule has 2 aromatic heterocycles. The van der Waals surface area contributed by atoms with E-state index in [0.717, 1.165) is 23.9 Å². The zero-order valence-corrected chi connectivity index (χ0v) is 10.5. The molecule has 1 aliphatic carbocycles. The standard InChI is InChI=1S/C13H11N5O2/c19-11(8-3-4-9-10(5-8)15-6-14-9)16-13-18-17-12(20-13)7-1-2-7/h3-7H,1-2H2,(H,14,15)(H,16,18,19). The molecule has 2 N–H and O–H groups in total. The number of anilines is 1. The van der Waals surface area contributed by atoms with Crippen LogP contribution in [0.3, 0.4) is 0 Å². The van der Waals surface area contributed by atoms with Crippen LogP contribution in [-0.2, 0) is 0 Å². The molecule has 0 atom stereocenters. The van der Waals surface area contributed by atoms with Crippen molar-refractivity contribution in [2.24, 2.45) is 0 Å². The number of carbonyl (C=O) groups is 1. The predicted molar refractivity (Wildman–Crippen MR) is 70.3 cm³/mol. The third kappa shape index (κ3) is 1.93. The molecular formula is C13H11N5O2. The molecule has 7 heteroatoms.